The average molecular weight is 264 g/mol. The van der Waals surface area contributed by atoms with Crippen molar-refractivity contribution < 1.29 is 0 Å². The van der Waals surface area contributed by atoms with Crippen LogP contribution in [0.5, 0.6) is 0 Å². The van der Waals surface area contributed by atoms with Crippen LogP contribution < -0.4 is 5.32 Å². The lowest BCUT2D eigenvalue weighted by atomic mass is 10.2. The lowest BCUT2D eigenvalue weighted by Crippen LogP contribution is -2.21. The van der Waals surface area contributed by atoms with Gasteiger partial charge in [0, 0.05) is 23.5 Å². The molecule has 18 heavy (non-hydrogen) atoms. The van der Waals surface area contributed by atoms with E-state index in [2.05, 4.69) is 39.1 Å². The molecule has 2 aromatic heterocycles. The first kappa shape index (κ1) is 13.2. The number of nitrogens with zero attached hydrogens (tertiary/aromatic N) is 3. The van der Waals surface area contributed by atoms with Gasteiger partial charge < -0.3 is 9.88 Å². The molecule has 1 N–H and O–H groups in total. The van der Waals surface area contributed by atoms with Gasteiger partial charge in [-0.05, 0) is 19.4 Å². The van der Waals surface area contributed by atoms with Crippen molar-refractivity contribution in [2.45, 2.75) is 33.9 Å². The molecule has 0 aliphatic carbocycles. The van der Waals surface area contributed by atoms with E-state index in [1.807, 2.05) is 19.3 Å². The monoisotopic (exact) mass is 264 g/mol. The first-order valence-electron chi connectivity index (χ1n) is 6.27. The van der Waals surface area contributed by atoms with Gasteiger partial charge in [-0.3, -0.25) is 0 Å². The van der Waals surface area contributed by atoms with Crippen LogP contribution in [0.2, 0.25) is 0 Å². The van der Waals surface area contributed by atoms with E-state index in [0.717, 1.165) is 36.2 Å². The summed E-state index contributed by atoms with van der Waals surface area (Å²) in [7, 11) is 0. The largest absolute Gasteiger partial charge is 0.327 e. The molecular weight excluding hydrogens is 244 g/mol. The van der Waals surface area contributed by atoms with Crippen LogP contribution in [0.15, 0.2) is 17.8 Å². The fourth-order valence-electron chi connectivity index (χ4n) is 1.74. The molecule has 0 fully saturated rings. The summed E-state index contributed by atoms with van der Waals surface area (Å²) in [6.45, 7) is 9.09. The van der Waals surface area contributed by atoms with Crippen molar-refractivity contribution in [3.8, 4) is 0 Å². The summed E-state index contributed by atoms with van der Waals surface area (Å²) < 4.78 is 2.16. The third-order valence-corrected chi connectivity index (χ3v) is 3.56. The number of rotatable bonds is 6. The van der Waals surface area contributed by atoms with E-state index < -0.39 is 0 Å². The Morgan fingerprint density at radius 3 is 2.94 bits per heavy atom. The Hall–Kier alpha value is -1.20. The fraction of sp³-hybridized carbons (Fsp3) is 0.538. The normalized spacial score (nSPS) is 11.3. The number of hydrogen-bond acceptors (Lipinski definition) is 4. The zero-order valence-electron chi connectivity index (χ0n) is 11.2. The predicted octanol–water partition coefficient (Wildman–Crippen LogP) is 2.44. The van der Waals surface area contributed by atoms with Crippen LogP contribution in [0.25, 0.3) is 0 Å². The molecule has 2 heterocycles. The summed E-state index contributed by atoms with van der Waals surface area (Å²) >= 11 is 1.71. The highest BCUT2D eigenvalue weighted by molar-refractivity contribution is 7.09. The lowest BCUT2D eigenvalue weighted by Gasteiger charge is -2.09. The predicted molar refractivity (Wildman–Crippen MR) is 74.7 cm³/mol. The Labute approximate surface area is 112 Å². The van der Waals surface area contributed by atoms with E-state index in [9.17, 15) is 0 Å². The fourth-order valence-corrected chi connectivity index (χ4v) is 2.51. The molecule has 0 aromatic carbocycles. The molecule has 0 spiro atoms. The molecule has 0 atom stereocenters. The van der Waals surface area contributed by atoms with Crippen LogP contribution in [0.4, 0.5) is 0 Å². The maximum atomic E-state index is 4.48. The van der Waals surface area contributed by atoms with Gasteiger partial charge in [0.25, 0.3) is 0 Å². The van der Waals surface area contributed by atoms with Crippen molar-refractivity contribution >= 4 is 11.3 Å². The SMILES string of the molecule is Cc1csc(Cn2ccnc2CNCC(C)C)n1. The van der Waals surface area contributed by atoms with Crippen LogP contribution >= 0.6 is 11.3 Å². The third-order valence-electron chi connectivity index (χ3n) is 2.61. The van der Waals surface area contributed by atoms with Crippen LogP contribution in [0, 0.1) is 12.8 Å². The number of thiazole rings is 1. The highest BCUT2D eigenvalue weighted by Gasteiger charge is 2.05. The zero-order chi connectivity index (χ0) is 13.0. The molecule has 0 saturated heterocycles. The molecule has 0 amide bonds. The number of nitrogens with one attached hydrogen (secondary N) is 1. The number of aromatic nitrogens is 3. The highest BCUT2D eigenvalue weighted by atomic mass is 32.1. The second-order valence-electron chi connectivity index (χ2n) is 4.88. The standard InChI is InChI=1S/C13H20N4S/c1-10(2)6-14-7-12-15-4-5-17(12)8-13-16-11(3)9-18-13/h4-5,9-10,14H,6-8H2,1-3H3. The molecular formula is C13H20N4S. The van der Waals surface area contributed by atoms with Crippen molar-refractivity contribution in [3.63, 3.8) is 0 Å². The Kier molecular flexibility index (Phi) is 4.49. The first-order valence-corrected chi connectivity index (χ1v) is 7.15. The van der Waals surface area contributed by atoms with Crippen molar-refractivity contribution in [2.24, 2.45) is 5.92 Å². The van der Waals surface area contributed by atoms with Crippen LogP contribution in [-0.2, 0) is 13.1 Å². The Morgan fingerprint density at radius 1 is 1.44 bits per heavy atom. The minimum atomic E-state index is 0.662. The van der Waals surface area contributed by atoms with Crippen LogP contribution in [0.1, 0.15) is 30.4 Å². The molecule has 0 saturated carbocycles. The molecule has 5 heteroatoms. The maximum Gasteiger partial charge on any atom is 0.123 e. The quantitative estimate of drug-likeness (QED) is 0.871. The first-order chi connectivity index (χ1) is 8.65. The van der Waals surface area contributed by atoms with E-state index in [-0.39, 0.29) is 0 Å². The minimum absolute atomic E-state index is 0.662. The molecule has 0 aliphatic rings. The van der Waals surface area contributed by atoms with E-state index in [0.29, 0.717) is 5.92 Å². The molecule has 4 nitrogen and oxygen atoms in total. The van der Waals surface area contributed by atoms with Gasteiger partial charge in [0.2, 0.25) is 0 Å². The number of imidazole rings is 1. The molecule has 0 radical (unpaired) electrons. The van der Waals surface area contributed by atoms with Gasteiger partial charge in [-0.15, -0.1) is 11.3 Å². The summed E-state index contributed by atoms with van der Waals surface area (Å²) in [5.41, 5.74) is 1.09. The zero-order valence-corrected chi connectivity index (χ0v) is 12.0. The smallest absolute Gasteiger partial charge is 0.123 e. The number of hydrogen-bond donors (Lipinski definition) is 1. The molecule has 0 unspecified atom stereocenters. The van der Waals surface area contributed by atoms with Gasteiger partial charge in [0.05, 0.1) is 13.1 Å². The van der Waals surface area contributed by atoms with Crippen molar-refractivity contribution in [2.75, 3.05) is 6.54 Å². The van der Waals surface area contributed by atoms with Crippen LogP contribution in [-0.4, -0.2) is 21.1 Å². The van der Waals surface area contributed by atoms with Crippen molar-refractivity contribution in [3.05, 3.63) is 34.3 Å². The Balaban J connectivity index is 1.95. The number of aryl methyl sites for hydroxylation is 1. The lowest BCUT2D eigenvalue weighted by molar-refractivity contribution is 0.532. The molecule has 2 rings (SSSR count). The van der Waals surface area contributed by atoms with Gasteiger partial charge >= 0.3 is 0 Å². The maximum absolute atomic E-state index is 4.48. The summed E-state index contributed by atoms with van der Waals surface area (Å²) in [6.07, 6.45) is 3.87. The molecule has 0 aliphatic heterocycles. The highest BCUT2D eigenvalue weighted by Crippen LogP contribution is 2.11. The van der Waals surface area contributed by atoms with E-state index in [1.165, 1.54) is 0 Å². The summed E-state index contributed by atoms with van der Waals surface area (Å²) in [5, 5.41) is 6.64. The van der Waals surface area contributed by atoms with Crippen molar-refractivity contribution in [1.29, 1.82) is 0 Å². The Morgan fingerprint density at radius 2 is 2.28 bits per heavy atom. The van der Waals surface area contributed by atoms with Gasteiger partial charge in [-0.25, -0.2) is 9.97 Å². The molecule has 98 valence electrons. The van der Waals surface area contributed by atoms with E-state index in [4.69, 9.17) is 0 Å². The van der Waals surface area contributed by atoms with Gasteiger partial charge in [-0.2, -0.15) is 0 Å². The van der Waals surface area contributed by atoms with Gasteiger partial charge in [-0.1, -0.05) is 13.8 Å². The second kappa shape index (κ2) is 6.11. The summed E-state index contributed by atoms with van der Waals surface area (Å²) in [6, 6.07) is 0. The summed E-state index contributed by atoms with van der Waals surface area (Å²) in [4.78, 5) is 8.88. The summed E-state index contributed by atoms with van der Waals surface area (Å²) in [5.74, 6) is 1.73. The van der Waals surface area contributed by atoms with Crippen LogP contribution in [0.3, 0.4) is 0 Å². The molecule has 2 aromatic rings. The molecule has 0 bridgehead atoms. The second-order valence-corrected chi connectivity index (χ2v) is 5.82. The Bertz CT molecular complexity index is 487. The van der Waals surface area contributed by atoms with Crippen molar-refractivity contribution in [1.82, 2.24) is 19.9 Å². The van der Waals surface area contributed by atoms with Gasteiger partial charge in [0.15, 0.2) is 0 Å². The minimum Gasteiger partial charge on any atom is -0.327 e. The average Bonchev–Trinajstić information content (AvgIpc) is 2.89. The van der Waals surface area contributed by atoms with Gasteiger partial charge in [0.1, 0.15) is 10.8 Å². The van der Waals surface area contributed by atoms with E-state index >= 15 is 0 Å². The third kappa shape index (κ3) is 3.65. The topological polar surface area (TPSA) is 42.7 Å². The van der Waals surface area contributed by atoms with E-state index in [1.54, 1.807) is 11.3 Å².